The van der Waals surface area contributed by atoms with Crippen LogP contribution in [0, 0.1) is 0 Å². The van der Waals surface area contributed by atoms with Crippen molar-refractivity contribution in [3.05, 3.63) is 56.8 Å². The van der Waals surface area contributed by atoms with E-state index in [2.05, 4.69) is 10.3 Å². The summed E-state index contributed by atoms with van der Waals surface area (Å²) in [7, 11) is 0. The van der Waals surface area contributed by atoms with Crippen LogP contribution in [0.5, 0.6) is 0 Å². The lowest BCUT2D eigenvalue weighted by Crippen LogP contribution is -2.42. The Bertz CT molecular complexity index is 784. The van der Waals surface area contributed by atoms with Crippen molar-refractivity contribution in [2.24, 2.45) is 0 Å². The fourth-order valence-corrected chi connectivity index (χ4v) is 2.48. The molecule has 1 fully saturated rings. The molecule has 1 atom stereocenters. The lowest BCUT2D eigenvalue weighted by Gasteiger charge is -2.11. The number of ether oxygens (including phenoxy) is 1. The van der Waals surface area contributed by atoms with E-state index in [4.69, 9.17) is 9.15 Å². The van der Waals surface area contributed by atoms with Crippen LogP contribution in [0.2, 0.25) is 0 Å². The van der Waals surface area contributed by atoms with Crippen LogP contribution in [0.25, 0.3) is 0 Å². The SMILES string of the molecule is O=C(NCC1CCCO1)c1c[nH]c(=O)n(Cc2ccco2)c1=O. The van der Waals surface area contributed by atoms with Crippen molar-refractivity contribution in [2.45, 2.75) is 25.5 Å². The molecule has 2 N–H and O–H groups in total. The van der Waals surface area contributed by atoms with Gasteiger partial charge >= 0.3 is 5.69 Å². The van der Waals surface area contributed by atoms with Crippen molar-refractivity contribution >= 4 is 5.91 Å². The van der Waals surface area contributed by atoms with Crippen molar-refractivity contribution in [3.63, 3.8) is 0 Å². The van der Waals surface area contributed by atoms with Crippen LogP contribution in [0.4, 0.5) is 0 Å². The molecule has 23 heavy (non-hydrogen) atoms. The molecule has 1 aliphatic heterocycles. The molecule has 2 aromatic heterocycles. The second-order valence-electron chi connectivity index (χ2n) is 5.32. The van der Waals surface area contributed by atoms with Crippen LogP contribution in [-0.2, 0) is 11.3 Å². The summed E-state index contributed by atoms with van der Waals surface area (Å²) in [6, 6.07) is 3.31. The van der Waals surface area contributed by atoms with Crippen LogP contribution in [-0.4, -0.2) is 34.7 Å². The molecule has 1 unspecified atom stereocenters. The Morgan fingerprint density at radius 2 is 2.30 bits per heavy atom. The van der Waals surface area contributed by atoms with Gasteiger partial charge in [0.1, 0.15) is 11.3 Å². The first-order valence-electron chi connectivity index (χ1n) is 7.40. The topological polar surface area (TPSA) is 106 Å². The third kappa shape index (κ3) is 3.42. The van der Waals surface area contributed by atoms with E-state index < -0.39 is 17.2 Å². The predicted octanol–water partition coefficient (Wildman–Crippen LogP) is 0.0867. The predicted molar refractivity (Wildman–Crippen MR) is 80.4 cm³/mol. The second kappa shape index (κ2) is 6.66. The van der Waals surface area contributed by atoms with E-state index in [9.17, 15) is 14.4 Å². The molecular weight excluding hydrogens is 302 g/mol. The molecule has 3 heterocycles. The summed E-state index contributed by atoms with van der Waals surface area (Å²) in [5.74, 6) is -0.0792. The van der Waals surface area contributed by atoms with Gasteiger partial charge in [-0.1, -0.05) is 0 Å². The van der Waals surface area contributed by atoms with E-state index in [1.165, 1.54) is 6.26 Å². The zero-order chi connectivity index (χ0) is 16.2. The Hall–Kier alpha value is -2.61. The van der Waals surface area contributed by atoms with Gasteiger partial charge < -0.3 is 19.5 Å². The van der Waals surface area contributed by atoms with Crippen molar-refractivity contribution in [1.29, 1.82) is 0 Å². The van der Waals surface area contributed by atoms with E-state index in [1.807, 2.05) is 0 Å². The quantitative estimate of drug-likeness (QED) is 0.812. The molecule has 3 rings (SSSR count). The number of aromatic amines is 1. The highest BCUT2D eigenvalue weighted by Gasteiger charge is 2.19. The zero-order valence-corrected chi connectivity index (χ0v) is 12.4. The van der Waals surface area contributed by atoms with Gasteiger partial charge in [-0.15, -0.1) is 0 Å². The summed E-state index contributed by atoms with van der Waals surface area (Å²) in [5, 5.41) is 2.66. The van der Waals surface area contributed by atoms with Gasteiger partial charge in [-0.25, -0.2) is 4.79 Å². The number of hydrogen-bond acceptors (Lipinski definition) is 5. The minimum absolute atomic E-state index is 0.0212. The Morgan fingerprint density at radius 1 is 1.43 bits per heavy atom. The molecule has 1 aliphatic rings. The standard InChI is InChI=1S/C15H17N3O5/c19-13(16-7-10-3-1-5-22-10)12-8-17-15(21)18(14(12)20)9-11-4-2-6-23-11/h2,4,6,8,10H,1,3,5,7,9H2,(H,16,19)(H,17,21). The van der Waals surface area contributed by atoms with Crippen LogP contribution in [0.3, 0.4) is 0 Å². The molecule has 8 nitrogen and oxygen atoms in total. The van der Waals surface area contributed by atoms with Crippen molar-refractivity contribution in [3.8, 4) is 0 Å². The third-order valence-corrected chi connectivity index (χ3v) is 3.71. The Morgan fingerprint density at radius 3 is 3.00 bits per heavy atom. The lowest BCUT2D eigenvalue weighted by molar-refractivity contribution is 0.0855. The molecule has 0 bridgehead atoms. The monoisotopic (exact) mass is 319 g/mol. The molecule has 0 saturated carbocycles. The highest BCUT2D eigenvalue weighted by molar-refractivity contribution is 5.93. The highest BCUT2D eigenvalue weighted by atomic mass is 16.5. The zero-order valence-electron chi connectivity index (χ0n) is 12.4. The lowest BCUT2D eigenvalue weighted by atomic mass is 10.2. The van der Waals surface area contributed by atoms with Gasteiger partial charge in [0.25, 0.3) is 11.5 Å². The second-order valence-corrected chi connectivity index (χ2v) is 5.32. The van der Waals surface area contributed by atoms with Crippen LogP contribution >= 0.6 is 0 Å². The van der Waals surface area contributed by atoms with E-state index in [0.29, 0.717) is 18.9 Å². The molecule has 122 valence electrons. The normalized spacial score (nSPS) is 17.3. The Balaban J connectivity index is 1.78. The summed E-state index contributed by atoms with van der Waals surface area (Å²) in [5.41, 5.74) is -1.37. The maximum atomic E-state index is 12.4. The molecule has 1 saturated heterocycles. The summed E-state index contributed by atoms with van der Waals surface area (Å²) < 4.78 is 11.5. The number of furan rings is 1. The highest BCUT2D eigenvalue weighted by Crippen LogP contribution is 2.10. The van der Waals surface area contributed by atoms with Gasteiger partial charge in [0.2, 0.25) is 0 Å². The van der Waals surface area contributed by atoms with Gasteiger partial charge in [0.15, 0.2) is 0 Å². The van der Waals surface area contributed by atoms with Crippen molar-refractivity contribution in [2.75, 3.05) is 13.2 Å². The molecular formula is C15H17N3O5. The first kappa shape index (κ1) is 15.3. The summed E-state index contributed by atoms with van der Waals surface area (Å²) in [6.45, 7) is 0.999. The minimum atomic E-state index is -0.657. The molecule has 0 aliphatic carbocycles. The summed E-state index contributed by atoms with van der Waals surface area (Å²) in [6.07, 6.45) is 4.41. The van der Waals surface area contributed by atoms with Crippen molar-refractivity contribution in [1.82, 2.24) is 14.9 Å². The number of nitrogens with one attached hydrogen (secondary N) is 2. The average molecular weight is 319 g/mol. The number of aromatic nitrogens is 2. The number of nitrogens with zero attached hydrogens (tertiary/aromatic N) is 1. The van der Waals surface area contributed by atoms with Crippen molar-refractivity contribution < 1.29 is 13.9 Å². The largest absolute Gasteiger partial charge is 0.467 e. The minimum Gasteiger partial charge on any atom is -0.467 e. The number of rotatable bonds is 5. The fraction of sp³-hybridized carbons (Fsp3) is 0.400. The first-order chi connectivity index (χ1) is 11.1. The molecule has 1 amide bonds. The fourth-order valence-electron chi connectivity index (χ4n) is 2.48. The Labute approximate surface area is 131 Å². The van der Waals surface area contributed by atoms with Gasteiger partial charge in [-0.05, 0) is 25.0 Å². The molecule has 0 aromatic carbocycles. The maximum Gasteiger partial charge on any atom is 0.328 e. The number of H-pyrrole nitrogens is 1. The molecule has 8 heteroatoms. The summed E-state index contributed by atoms with van der Waals surface area (Å²) >= 11 is 0. The first-order valence-corrected chi connectivity index (χ1v) is 7.40. The van der Waals surface area contributed by atoms with Crippen LogP contribution < -0.4 is 16.6 Å². The number of carbonyl (C=O) groups excluding carboxylic acids is 1. The smallest absolute Gasteiger partial charge is 0.328 e. The van der Waals surface area contributed by atoms with Gasteiger partial charge in [-0.2, -0.15) is 0 Å². The molecule has 2 aromatic rings. The van der Waals surface area contributed by atoms with E-state index >= 15 is 0 Å². The van der Waals surface area contributed by atoms with Gasteiger partial charge in [0.05, 0.1) is 18.9 Å². The van der Waals surface area contributed by atoms with Gasteiger partial charge in [-0.3, -0.25) is 14.2 Å². The van der Waals surface area contributed by atoms with Crippen LogP contribution in [0.1, 0.15) is 29.0 Å². The average Bonchev–Trinajstić information content (AvgIpc) is 3.22. The number of amides is 1. The van der Waals surface area contributed by atoms with E-state index in [1.54, 1.807) is 12.1 Å². The maximum absolute atomic E-state index is 12.4. The number of carbonyl (C=O) groups is 1. The van der Waals surface area contributed by atoms with E-state index in [0.717, 1.165) is 23.6 Å². The van der Waals surface area contributed by atoms with Gasteiger partial charge in [0, 0.05) is 19.3 Å². The van der Waals surface area contributed by atoms with Crippen LogP contribution in [0.15, 0.2) is 38.6 Å². The molecule has 0 spiro atoms. The molecule has 0 radical (unpaired) electrons. The third-order valence-electron chi connectivity index (χ3n) is 3.71. The summed E-state index contributed by atoms with van der Waals surface area (Å²) in [4.78, 5) is 38.8. The number of hydrogen-bond donors (Lipinski definition) is 2. The Kier molecular flexibility index (Phi) is 4.42. The van der Waals surface area contributed by atoms with E-state index in [-0.39, 0.29) is 18.2 Å².